The van der Waals surface area contributed by atoms with Crippen LogP contribution in [0.25, 0.3) is 11.0 Å². The second-order valence-corrected chi connectivity index (χ2v) is 8.51. The summed E-state index contributed by atoms with van der Waals surface area (Å²) in [6, 6.07) is 6.09. The van der Waals surface area contributed by atoms with Crippen LogP contribution in [0.1, 0.15) is 25.0 Å². The van der Waals surface area contributed by atoms with Crippen LogP contribution in [0.5, 0.6) is 0 Å². The van der Waals surface area contributed by atoms with E-state index in [-0.39, 0.29) is 17.6 Å². The SMILES string of the molecule is O=C(O)C1C2CCCC2CN1S(=O)(=O)Cc1noc2ccccc12. The third kappa shape index (κ3) is 2.41. The largest absolute Gasteiger partial charge is 0.480 e. The molecule has 8 heteroatoms. The molecule has 0 spiro atoms. The first kappa shape index (κ1) is 15.6. The summed E-state index contributed by atoms with van der Waals surface area (Å²) in [5, 5.41) is 14.1. The molecule has 2 aromatic rings. The van der Waals surface area contributed by atoms with Gasteiger partial charge in [-0.3, -0.25) is 4.79 Å². The Morgan fingerprint density at radius 3 is 2.92 bits per heavy atom. The second kappa shape index (κ2) is 5.56. The lowest BCUT2D eigenvalue weighted by Gasteiger charge is -2.23. The van der Waals surface area contributed by atoms with Crippen molar-refractivity contribution in [3.05, 3.63) is 30.0 Å². The van der Waals surface area contributed by atoms with Crippen LogP contribution < -0.4 is 0 Å². The molecule has 1 aromatic heterocycles. The molecule has 0 bridgehead atoms. The quantitative estimate of drug-likeness (QED) is 0.903. The molecule has 4 rings (SSSR count). The maximum Gasteiger partial charge on any atom is 0.322 e. The molecular weight excluding hydrogens is 332 g/mol. The van der Waals surface area contributed by atoms with Crippen molar-refractivity contribution in [1.82, 2.24) is 9.46 Å². The number of hydrogen-bond donors (Lipinski definition) is 1. The number of hydrogen-bond acceptors (Lipinski definition) is 5. The first-order valence-corrected chi connectivity index (χ1v) is 9.64. The molecule has 1 aliphatic heterocycles. The molecule has 1 N–H and O–H groups in total. The van der Waals surface area contributed by atoms with Crippen molar-refractivity contribution in [3.63, 3.8) is 0 Å². The van der Waals surface area contributed by atoms with Gasteiger partial charge in [0.2, 0.25) is 10.0 Å². The van der Waals surface area contributed by atoms with E-state index in [1.807, 2.05) is 0 Å². The van der Waals surface area contributed by atoms with Crippen LogP contribution in [0.4, 0.5) is 0 Å². The Hall–Kier alpha value is -1.93. The van der Waals surface area contributed by atoms with E-state index in [2.05, 4.69) is 5.16 Å². The molecule has 2 fully saturated rings. The Balaban J connectivity index is 1.66. The highest BCUT2D eigenvalue weighted by Crippen LogP contribution is 2.43. The molecule has 2 heterocycles. The first-order valence-electron chi connectivity index (χ1n) is 8.03. The fraction of sp³-hybridized carbons (Fsp3) is 0.500. The van der Waals surface area contributed by atoms with E-state index in [1.165, 1.54) is 4.31 Å². The molecule has 3 atom stereocenters. The summed E-state index contributed by atoms with van der Waals surface area (Å²) in [4.78, 5) is 11.7. The van der Waals surface area contributed by atoms with Gasteiger partial charge in [-0.1, -0.05) is 23.7 Å². The number of rotatable bonds is 4. The minimum atomic E-state index is -3.78. The molecule has 0 amide bonds. The van der Waals surface area contributed by atoms with E-state index >= 15 is 0 Å². The lowest BCUT2D eigenvalue weighted by molar-refractivity contribution is -0.142. The molecule has 1 saturated heterocycles. The van der Waals surface area contributed by atoms with Crippen LogP contribution in [0.2, 0.25) is 0 Å². The Kier molecular flexibility index (Phi) is 3.61. The van der Waals surface area contributed by atoms with Gasteiger partial charge in [0.1, 0.15) is 17.5 Å². The Morgan fingerprint density at radius 1 is 1.33 bits per heavy atom. The van der Waals surface area contributed by atoms with Crippen molar-refractivity contribution in [2.24, 2.45) is 11.8 Å². The van der Waals surface area contributed by atoms with E-state index in [9.17, 15) is 18.3 Å². The average Bonchev–Trinajstić information content (AvgIpc) is 3.20. The minimum absolute atomic E-state index is 0.0775. The van der Waals surface area contributed by atoms with Crippen LogP contribution >= 0.6 is 0 Å². The normalized spacial score (nSPS) is 27.6. The van der Waals surface area contributed by atoms with E-state index in [4.69, 9.17) is 4.52 Å². The molecule has 7 nitrogen and oxygen atoms in total. The number of carbonyl (C=O) groups is 1. The molecule has 128 valence electrons. The van der Waals surface area contributed by atoms with Gasteiger partial charge in [-0.2, -0.15) is 4.31 Å². The Labute approximate surface area is 139 Å². The number of aromatic nitrogens is 1. The van der Waals surface area contributed by atoms with E-state index in [0.717, 1.165) is 19.3 Å². The van der Waals surface area contributed by atoms with Gasteiger partial charge < -0.3 is 9.63 Å². The monoisotopic (exact) mass is 350 g/mol. The van der Waals surface area contributed by atoms with Crippen molar-refractivity contribution < 1.29 is 22.8 Å². The Morgan fingerprint density at radius 2 is 2.12 bits per heavy atom. The van der Waals surface area contributed by atoms with Crippen molar-refractivity contribution in [2.45, 2.75) is 31.1 Å². The fourth-order valence-electron chi connectivity index (χ4n) is 4.16. The summed E-state index contributed by atoms with van der Waals surface area (Å²) in [5.74, 6) is -1.33. The van der Waals surface area contributed by atoms with E-state index in [0.29, 0.717) is 23.2 Å². The molecule has 0 radical (unpaired) electrons. The van der Waals surface area contributed by atoms with Gasteiger partial charge in [-0.05, 0) is 36.8 Å². The van der Waals surface area contributed by atoms with Crippen LogP contribution in [0.3, 0.4) is 0 Å². The van der Waals surface area contributed by atoms with Gasteiger partial charge in [-0.15, -0.1) is 0 Å². The summed E-state index contributed by atoms with van der Waals surface area (Å²) in [6.07, 6.45) is 2.65. The van der Waals surface area contributed by atoms with Gasteiger partial charge in [-0.25, -0.2) is 8.42 Å². The first-order chi connectivity index (χ1) is 11.5. The Bertz CT molecular complexity index is 891. The minimum Gasteiger partial charge on any atom is -0.480 e. The lowest BCUT2D eigenvalue weighted by atomic mass is 9.94. The molecule has 1 aromatic carbocycles. The third-order valence-electron chi connectivity index (χ3n) is 5.23. The zero-order valence-corrected chi connectivity index (χ0v) is 13.8. The van der Waals surface area contributed by atoms with Gasteiger partial charge in [0.15, 0.2) is 5.58 Å². The summed E-state index contributed by atoms with van der Waals surface area (Å²) < 4.78 is 32.1. The van der Waals surface area contributed by atoms with Crippen molar-refractivity contribution in [1.29, 1.82) is 0 Å². The van der Waals surface area contributed by atoms with Gasteiger partial charge in [0, 0.05) is 11.9 Å². The van der Waals surface area contributed by atoms with Gasteiger partial charge in [0.05, 0.1) is 0 Å². The number of fused-ring (bicyclic) bond motifs is 2. The number of carboxylic acids is 1. The fourth-order valence-corrected chi connectivity index (χ4v) is 5.89. The summed E-state index contributed by atoms with van der Waals surface area (Å²) in [7, 11) is -3.78. The average molecular weight is 350 g/mol. The van der Waals surface area contributed by atoms with Crippen LogP contribution in [0.15, 0.2) is 28.8 Å². The lowest BCUT2D eigenvalue weighted by Crippen LogP contribution is -2.43. The molecule has 1 saturated carbocycles. The molecule has 1 aliphatic carbocycles. The second-order valence-electron chi connectivity index (χ2n) is 6.59. The smallest absolute Gasteiger partial charge is 0.322 e. The maximum absolute atomic E-state index is 12.9. The van der Waals surface area contributed by atoms with Crippen LogP contribution in [-0.2, 0) is 20.6 Å². The molecule has 24 heavy (non-hydrogen) atoms. The summed E-state index contributed by atoms with van der Waals surface area (Å²) in [6.45, 7) is 0.291. The number of para-hydroxylation sites is 1. The topological polar surface area (TPSA) is 101 Å². The number of sulfonamides is 1. The molecule has 2 aliphatic rings. The van der Waals surface area contributed by atoms with E-state index < -0.39 is 22.0 Å². The third-order valence-corrected chi connectivity index (χ3v) is 6.96. The van der Waals surface area contributed by atoms with E-state index in [1.54, 1.807) is 24.3 Å². The predicted octanol–water partition coefficient (Wildman–Crippen LogP) is 1.84. The van der Waals surface area contributed by atoms with Crippen molar-refractivity contribution in [3.8, 4) is 0 Å². The molecule has 3 unspecified atom stereocenters. The zero-order chi connectivity index (χ0) is 16.9. The summed E-state index contributed by atoms with van der Waals surface area (Å²) in [5.41, 5.74) is 0.850. The van der Waals surface area contributed by atoms with Crippen molar-refractivity contribution in [2.75, 3.05) is 6.54 Å². The highest BCUT2D eigenvalue weighted by molar-refractivity contribution is 7.88. The van der Waals surface area contributed by atoms with Gasteiger partial charge >= 0.3 is 5.97 Å². The number of nitrogens with zero attached hydrogens (tertiary/aromatic N) is 2. The zero-order valence-electron chi connectivity index (χ0n) is 13.0. The summed E-state index contributed by atoms with van der Waals surface area (Å²) >= 11 is 0. The standard InChI is InChI=1S/C16H18N2O5S/c19-16(20)15-11-6-3-4-10(11)8-18(15)24(21,22)9-13-12-5-1-2-7-14(12)23-17-13/h1-2,5,7,10-11,15H,3-4,6,8-9H2,(H,19,20). The molecular formula is C16H18N2O5S. The number of carboxylic acid groups (broad SMARTS) is 1. The van der Waals surface area contributed by atoms with Crippen molar-refractivity contribution >= 4 is 27.0 Å². The highest BCUT2D eigenvalue weighted by atomic mass is 32.2. The van der Waals surface area contributed by atoms with Gasteiger partial charge in [0.25, 0.3) is 0 Å². The van der Waals surface area contributed by atoms with Crippen LogP contribution in [0, 0.1) is 11.8 Å². The number of aliphatic carboxylic acids is 1. The highest BCUT2D eigenvalue weighted by Gasteiger charge is 2.52. The maximum atomic E-state index is 12.9. The predicted molar refractivity (Wildman–Crippen MR) is 85.6 cm³/mol. The number of benzene rings is 1. The van der Waals surface area contributed by atoms with Crippen LogP contribution in [-0.4, -0.2) is 41.5 Å².